The first kappa shape index (κ1) is 7.91. The lowest BCUT2D eigenvalue weighted by Crippen LogP contribution is -1.95. The quantitative estimate of drug-likeness (QED) is 0.647. The van der Waals surface area contributed by atoms with Crippen LogP contribution in [-0.2, 0) is 0 Å². The Morgan fingerprint density at radius 3 is 3.15 bits per heavy atom. The van der Waals surface area contributed by atoms with Gasteiger partial charge in [0.05, 0.1) is 23.5 Å². The highest BCUT2D eigenvalue weighted by Crippen LogP contribution is 2.10. The van der Waals surface area contributed by atoms with Crippen LogP contribution in [0.15, 0.2) is 24.8 Å². The molecule has 0 aliphatic rings. The third-order valence-corrected chi connectivity index (χ3v) is 1.95. The van der Waals surface area contributed by atoms with Gasteiger partial charge in [-0.2, -0.15) is 5.10 Å². The summed E-state index contributed by atoms with van der Waals surface area (Å²) in [6, 6.07) is 0. The van der Waals surface area contributed by atoms with E-state index in [4.69, 9.17) is 0 Å². The maximum atomic E-state index is 11.4. The molecule has 2 aromatic rings. The first-order valence-corrected chi connectivity index (χ1v) is 4.13. The van der Waals surface area contributed by atoms with Gasteiger partial charge in [-0.15, -0.1) is 0 Å². The molecular weight excluding hydrogens is 166 g/mol. The van der Waals surface area contributed by atoms with E-state index in [0.717, 1.165) is 5.52 Å². The highest BCUT2D eigenvalue weighted by atomic mass is 16.1. The Kier molecular flexibility index (Phi) is 1.81. The molecule has 4 nitrogen and oxygen atoms in total. The predicted molar refractivity (Wildman–Crippen MR) is 47.6 cm³/mol. The van der Waals surface area contributed by atoms with Crippen molar-refractivity contribution in [3.05, 3.63) is 30.4 Å². The molecule has 0 spiro atoms. The van der Waals surface area contributed by atoms with E-state index in [1.54, 1.807) is 29.3 Å². The molecule has 0 unspecified atom stereocenters. The molecule has 0 atom stereocenters. The summed E-state index contributed by atoms with van der Waals surface area (Å²) in [6.07, 6.45) is 7.09. The van der Waals surface area contributed by atoms with Crippen LogP contribution >= 0.6 is 0 Å². The molecule has 66 valence electrons. The molecule has 13 heavy (non-hydrogen) atoms. The average molecular weight is 175 g/mol. The molecule has 0 aromatic carbocycles. The fourth-order valence-electron chi connectivity index (χ4n) is 1.24. The van der Waals surface area contributed by atoms with Gasteiger partial charge in [0.15, 0.2) is 5.78 Å². The van der Waals surface area contributed by atoms with Crippen LogP contribution in [0.4, 0.5) is 0 Å². The first-order chi connectivity index (χ1) is 6.33. The van der Waals surface area contributed by atoms with Crippen molar-refractivity contribution in [1.29, 1.82) is 0 Å². The number of ketones is 1. The number of fused-ring (bicyclic) bond motifs is 1. The van der Waals surface area contributed by atoms with Gasteiger partial charge in [-0.05, 0) is 0 Å². The molecule has 0 saturated heterocycles. The van der Waals surface area contributed by atoms with Crippen LogP contribution in [0.1, 0.15) is 23.7 Å². The Morgan fingerprint density at radius 2 is 2.38 bits per heavy atom. The van der Waals surface area contributed by atoms with Gasteiger partial charge in [0, 0.05) is 18.8 Å². The summed E-state index contributed by atoms with van der Waals surface area (Å²) in [5.41, 5.74) is 1.42. The molecule has 0 aliphatic carbocycles. The fraction of sp³-hybridized carbons (Fsp3) is 0.222. The molecule has 2 rings (SSSR count). The summed E-state index contributed by atoms with van der Waals surface area (Å²) in [6.45, 7) is 1.84. The number of rotatable bonds is 2. The van der Waals surface area contributed by atoms with Crippen molar-refractivity contribution in [3.8, 4) is 0 Å². The standard InChI is InChI=1S/C9H9N3O/c1-2-9(13)7-5-11-12-4-3-10-6-8(7)12/h3-6H,2H2,1H3. The van der Waals surface area contributed by atoms with E-state index < -0.39 is 0 Å². The van der Waals surface area contributed by atoms with Crippen LogP contribution in [0.25, 0.3) is 5.52 Å². The monoisotopic (exact) mass is 175 g/mol. The predicted octanol–water partition coefficient (Wildman–Crippen LogP) is 1.32. The summed E-state index contributed by atoms with van der Waals surface area (Å²) < 4.78 is 1.65. The summed E-state index contributed by atoms with van der Waals surface area (Å²) >= 11 is 0. The van der Waals surface area contributed by atoms with Crippen LogP contribution < -0.4 is 0 Å². The van der Waals surface area contributed by atoms with Gasteiger partial charge in [0.1, 0.15) is 0 Å². The Labute approximate surface area is 75.2 Å². The van der Waals surface area contributed by atoms with Crippen LogP contribution in [0.5, 0.6) is 0 Å². The summed E-state index contributed by atoms with van der Waals surface area (Å²) in [5.74, 6) is 0.100. The van der Waals surface area contributed by atoms with E-state index in [9.17, 15) is 4.79 Å². The molecule has 2 aromatic heterocycles. The second-order valence-corrected chi connectivity index (χ2v) is 2.74. The molecule has 0 bridgehead atoms. The minimum atomic E-state index is 0.100. The molecule has 0 amide bonds. The zero-order valence-corrected chi connectivity index (χ0v) is 7.27. The second-order valence-electron chi connectivity index (χ2n) is 2.74. The number of hydrogen-bond donors (Lipinski definition) is 0. The van der Waals surface area contributed by atoms with Crippen molar-refractivity contribution >= 4 is 11.3 Å². The average Bonchev–Trinajstić information content (AvgIpc) is 2.60. The Hall–Kier alpha value is -1.71. The maximum Gasteiger partial charge on any atom is 0.166 e. The lowest BCUT2D eigenvalue weighted by Gasteiger charge is -1.93. The second kappa shape index (κ2) is 2.97. The molecule has 2 heterocycles. The van der Waals surface area contributed by atoms with Gasteiger partial charge in [-0.25, -0.2) is 4.52 Å². The van der Waals surface area contributed by atoms with E-state index >= 15 is 0 Å². The van der Waals surface area contributed by atoms with Gasteiger partial charge in [0.25, 0.3) is 0 Å². The zero-order valence-electron chi connectivity index (χ0n) is 7.27. The number of aromatic nitrogens is 3. The van der Waals surface area contributed by atoms with Gasteiger partial charge in [-0.3, -0.25) is 9.78 Å². The van der Waals surface area contributed by atoms with Crippen LogP contribution in [0.3, 0.4) is 0 Å². The van der Waals surface area contributed by atoms with E-state index in [2.05, 4.69) is 10.1 Å². The molecule has 0 aliphatic heterocycles. The van der Waals surface area contributed by atoms with Gasteiger partial charge < -0.3 is 0 Å². The van der Waals surface area contributed by atoms with Gasteiger partial charge in [0.2, 0.25) is 0 Å². The van der Waals surface area contributed by atoms with Crippen LogP contribution in [-0.4, -0.2) is 20.4 Å². The van der Waals surface area contributed by atoms with E-state index in [1.165, 1.54) is 0 Å². The van der Waals surface area contributed by atoms with Crippen molar-refractivity contribution in [3.63, 3.8) is 0 Å². The molecule has 0 saturated carbocycles. The molecule has 0 radical (unpaired) electrons. The SMILES string of the molecule is CCC(=O)c1cnn2ccncc12. The zero-order chi connectivity index (χ0) is 9.26. The third kappa shape index (κ3) is 1.20. The first-order valence-electron chi connectivity index (χ1n) is 4.13. The van der Waals surface area contributed by atoms with Crippen molar-refractivity contribution in [2.75, 3.05) is 0 Å². The van der Waals surface area contributed by atoms with Crippen LogP contribution in [0, 0.1) is 0 Å². The normalized spacial score (nSPS) is 10.5. The Morgan fingerprint density at radius 1 is 1.54 bits per heavy atom. The van der Waals surface area contributed by atoms with E-state index in [1.807, 2.05) is 6.92 Å². The Balaban J connectivity index is 2.64. The largest absolute Gasteiger partial charge is 0.294 e. The summed E-state index contributed by atoms with van der Waals surface area (Å²) in [4.78, 5) is 15.4. The maximum absolute atomic E-state index is 11.4. The van der Waals surface area contributed by atoms with E-state index in [-0.39, 0.29) is 5.78 Å². The summed E-state index contributed by atoms with van der Waals surface area (Å²) in [7, 11) is 0. The van der Waals surface area contributed by atoms with Crippen molar-refractivity contribution in [1.82, 2.24) is 14.6 Å². The minimum Gasteiger partial charge on any atom is -0.294 e. The fourth-order valence-corrected chi connectivity index (χ4v) is 1.24. The number of carbonyl (C=O) groups excluding carboxylic acids is 1. The van der Waals surface area contributed by atoms with Gasteiger partial charge in [-0.1, -0.05) is 6.92 Å². The van der Waals surface area contributed by atoms with Crippen molar-refractivity contribution in [2.24, 2.45) is 0 Å². The van der Waals surface area contributed by atoms with Crippen molar-refractivity contribution < 1.29 is 4.79 Å². The molecular formula is C9H9N3O. The molecule has 0 fully saturated rings. The van der Waals surface area contributed by atoms with E-state index in [0.29, 0.717) is 12.0 Å². The van der Waals surface area contributed by atoms with Gasteiger partial charge >= 0.3 is 0 Å². The lowest BCUT2D eigenvalue weighted by molar-refractivity contribution is 0.0989. The number of nitrogens with zero attached hydrogens (tertiary/aromatic N) is 3. The highest BCUT2D eigenvalue weighted by molar-refractivity contribution is 6.01. The lowest BCUT2D eigenvalue weighted by atomic mass is 10.1. The minimum absolute atomic E-state index is 0.100. The number of hydrogen-bond acceptors (Lipinski definition) is 3. The number of carbonyl (C=O) groups is 1. The third-order valence-electron chi connectivity index (χ3n) is 1.95. The Bertz CT molecular complexity index is 447. The van der Waals surface area contributed by atoms with Crippen molar-refractivity contribution in [2.45, 2.75) is 13.3 Å². The summed E-state index contributed by atoms with van der Waals surface area (Å²) in [5, 5.41) is 4.04. The topological polar surface area (TPSA) is 47.3 Å². The smallest absolute Gasteiger partial charge is 0.166 e. The number of Topliss-reactive ketones (excluding diaryl/α,β-unsaturated/α-hetero) is 1. The molecule has 4 heteroatoms. The van der Waals surface area contributed by atoms with Crippen LogP contribution in [0.2, 0.25) is 0 Å². The highest BCUT2D eigenvalue weighted by Gasteiger charge is 2.09. The molecule has 0 N–H and O–H groups in total.